The molecule has 4 aromatic rings. The van der Waals surface area contributed by atoms with Crippen LogP contribution in [0.2, 0.25) is 0 Å². The van der Waals surface area contributed by atoms with E-state index in [4.69, 9.17) is 9.15 Å². The number of nitrogens with zero attached hydrogens (tertiary/aromatic N) is 2. The molecule has 0 aliphatic carbocycles. The first-order valence-electron chi connectivity index (χ1n) is 12.9. The molecule has 2 amide bonds. The first kappa shape index (κ1) is 27.3. The summed E-state index contributed by atoms with van der Waals surface area (Å²) in [6.45, 7) is 5.93. The first-order valence-corrected chi connectivity index (χ1v) is 12.9. The predicted octanol–water partition coefficient (Wildman–Crippen LogP) is 4.68. The molecule has 4 rings (SSSR count). The molecule has 0 aliphatic heterocycles. The smallest absolute Gasteiger partial charge is 0.333 e. The molecular formula is C29H31N5O5. The van der Waals surface area contributed by atoms with Crippen LogP contribution in [0.4, 0.5) is 0 Å². The van der Waals surface area contributed by atoms with Gasteiger partial charge >= 0.3 is 5.97 Å². The second-order valence-corrected chi connectivity index (χ2v) is 8.83. The van der Waals surface area contributed by atoms with Crippen LogP contribution >= 0.6 is 0 Å². The van der Waals surface area contributed by atoms with Crippen LogP contribution in [0, 0.1) is 0 Å². The summed E-state index contributed by atoms with van der Waals surface area (Å²) in [5.74, 6) is -1.24. The summed E-state index contributed by atoms with van der Waals surface area (Å²) in [7, 11) is 0. The summed E-state index contributed by atoms with van der Waals surface area (Å²) in [5.41, 5.74) is 2.92. The fraction of sp³-hybridized carbons (Fsp3) is 0.276. The molecule has 0 unspecified atom stereocenters. The topological polar surface area (TPSA) is 139 Å². The van der Waals surface area contributed by atoms with Gasteiger partial charge in [-0.1, -0.05) is 56.3 Å². The predicted molar refractivity (Wildman–Crippen MR) is 145 cm³/mol. The van der Waals surface area contributed by atoms with Gasteiger partial charge in [0.2, 0.25) is 11.7 Å². The monoisotopic (exact) mass is 529 g/mol. The van der Waals surface area contributed by atoms with E-state index in [-0.39, 0.29) is 30.2 Å². The molecule has 2 heterocycles. The van der Waals surface area contributed by atoms with Gasteiger partial charge in [-0.2, -0.15) is 5.10 Å². The minimum absolute atomic E-state index is 0.0532. The number of benzene rings is 2. The number of rotatable bonds is 11. The zero-order chi connectivity index (χ0) is 27.8. The number of carbonyl (C=O) groups excluding carboxylic acids is 3. The number of hydrogen-bond donors (Lipinski definition) is 3. The minimum Gasteiger partial charge on any atom is -0.464 e. The van der Waals surface area contributed by atoms with E-state index in [1.807, 2.05) is 38.1 Å². The Morgan fingerprint density at radius 2 is 1.67 bits per heavy atom. The molecule has 0 fully saturated rings. The SMILES string of the molecule is CCOC(=O)[C@H](NC(=O)c1cnc(-c2cccc(-c3cc(C(=O)NC(CC)CC)n[nH]3)c2)o1)c1ccccc1. The number of aromatic amines is 1. The van der Waals surface area contributed by atoms with E-state index in [1.54, 1.807) is 43.3 Å². The second kappa shape index (κ2) is 12.7. The van der Waals surface area contributed by atoms with Crippen molar-refractivity contribution in [2.45, 2.75) is 45.7 Å². The Bertz CT molecular complexity index is 1420. The van der Waals surface area contributed by atoms with Crippen LogP contribution in [0.1, 0.15) is 66.3 Å². The fourth-order valence-electron chi connectivity index (χ4n) is 4.02. The van der Waals surface area contributed by atoms with Crippen LogP contribution in [-0.4, -0.2) is 45.6 Å². The van der Waals surface area contributed by atoms with Crippen molar-refractivity contribution in [2.75, 3.05) is 6.61 Å². The van der Waals surface area contributed by atoms with Crippen LogP contribution < -0.4 is 10.6 Å². The third-order valence-electron chi connectivity index (χ3n) is 6.21. The molecule has 10 nitrogen and oxygen atoms in total. The highest BCUT2D eigenvalue weighted by atomic mass is 16.5. The zero-order valence-corrected chi connectivity index (χ0v) is 22.1. The molecule has 39 heavy (non-hydrogen) atoms. The third-order valence-corrected chi connectivity index (χ3v) is 6.21. The average Bonchev–Trinajstić information content (AvgIpc) is 3.66. The zero-order valence-electron chi connectivity index (χ0n) is 22.1. The maximum absolute atomic E-state index is 13.0. The van der Waals surface area contributed by atoms with Crippen LogP contribution in [0.15, 0.2) is 71.3 Å². The van der Waals surface area contributed by atoms with Gasteiger partial charge in [-0.25, -0.2) is 9.78 Å². The molecule has 2 aromatic heterocycles. The molecule has 0 saturated carbocycles. The number of H-pyrrole nitrogens is 1. The van der Waals surface area contributed by atoms with Crippen LogP contribution in [-0.2, 0) is 9.53 Å². The number of oxazole rings is 1. The molecule has 0 spiro atoms. The van der Waals surface area contributed by atoms with Crippen molar-refractivity contribution >= 4 is 17.8 Å². The number of esters is 1. The van der Waals surface area contributed by atoms with Crippen LogP contribution in [0.3, 0.4) is 0 Å². The highest BCUT2D eigenvalue weighted by Crippen LogP contribution is 2.26. The first-order chi connectivity index (χ1) is 18.9. The molecule has 0 bridgehead atoms. The number of hydrogen-bond acceptors (Lipinski definition) is 7. The number of amides is 2. The van der Waals surface area contributed by atoms with Gasteiger partial charge in [-0.15, -0.1) is 0 Å². The molecule has 2 aromatic carbocycles. The quantitative estimate of drug-likeness (QED) is 0.240. The van der Waals surface area contributed by atoms with E-state index in [0.29, 0.717) is 22.5 Å². The van der Waals surface area contributed by atoms with Crippen molar-refractivity contribution in [1.82, 2.24) is 25.8 Å². The van der Waals surface area contributed by atoms with Crippen molar-refractivity contribution in [1.29, 1.82) is 0 Å². The van der Waals surface area contributed by atoms with Gasteiger partial charge in [-0.3, -0.25) is 14.7 Å². The fourth-order valence-corrected chi connectivity index (χ4v) is 4.02. The standard InChI is InChI=1S/C29H31N5O5/c1-4-21(5-2)31-26(35)23-16-22(33-34-23)19-13-10-14-20(15-19)28-30-17-24(39-28)27(36)32-25(29(37)38-6-3)18-11-8-7-9-12-18/h7-17,21,25H,4-6H2,1-3H3,(H,31,35)(H,32,36)(H,33,34)/t25-/m1/s1. The van der Waals surface area contributed by atoms with Gasteiger partial charge in [0.25, 0.3) is 11.8 Å². The average molecular weight is 530 g/mol. The minimum atomic E-state index is -0.993. The molecule has 0 aliphatic rings. The molecule has 202 valence electrons. The van der Waals surface area contributed by atoms with E-state index < -0.39 is 17.9 Å². The van der Waals surface area contributed by atoms with E-state index in [9.17, 15) is 14.4 Å². The number of ether oxygens (including phenoxy) is 1. The van der Waals surface area contributed by atoms with Gasteiger partial charge in [0.15, 0.2) is 11.7 Å². The van der Waals surface area contributed by atoms with E-state index in [0.717, 1.165) is 18.4 Å². The summed E-state index contributed by atoms with van der Waals surface area (Å²) in [6, 6.07) is 16.9. The summed E-state index contributed by atoms with van der Waals surface area (Å²) >= 11 is 0. The molecule has 0 radical (unpaired) electrons. The lowest BCUT2D eigenvalue weighted by atomic mass is 10.1. The van der Waals surface area contributed by atoms with Gasteiger partial charge in [0.05, 0.1) is 18.5 Å². The van der Waals surface area contributed by atoms with Gasteiger partial charge < -0.3 is 19.8 Å². The highest BCUT2D eigenvalue weighted by molar-refractivity contribution is 5.95. The van der Waals surface area contributed by atoms with Crippen LogP contribution in [0.25, 0.3) is 22.7 Å². The van der Waals surface area contributed by atoms with Crippen molar-refractivity contribution in [3.05, 3.63) is 83.9 Å². The van der Waals surface area contributed by atoms with E-state index in [1.165, 1.54) is 6.20 Å². The highest BCUT2D eigenvalue weighted by Gasteiger charge is 2.26. The maximum Gasteiger partial charge on any atom is 0.333 e. The second-order valence-electron chi connectivity index (χ2n) is 8.83. The Hall–Kier alpha value is -4.73. The Kier molecular flexibility index (Phi) is 8.88. The summed E-state index contributed by atoms with van der Waals surface area (Å²) in [5, 5.41) is 12.7. The molecule has 0 saturated heterocycles. The maximum atomic E-state index is 13.0. The Morgan fingerprint density at radius 3 is 2.38 bits per heavy atom. The Morgan fingerprint density at radius 1 is 0.923 bits per heavy atom. The lowest BCUT2D eigenvalue weighted by Crippen LogP contribution is -2.34. The normalized spacial score (nSPS) is 11.7. The summed E-state index contributed by atoms with van der Waals surface area (Å²) in [4.78, 5) is 42.3. The number of aromatic nitrogens is 3. The van der Waals surface area contributed by atoms with Crippen molar-refractivity contribution in [3.8, 4) is 22.7 Å². The molecular weight excluding hydrogens is 498 g/mol. The molecule has 10 heteroatoms. The Balaban J connectivity index is 1.50. The van der Waals surface area contributed by atoms with E-state index >= 15 is 0 Å². The summed E-state index contributed by atoms with van der Waals surface area (Å²) < 4.78 is 10.9. The lowest BCUT2D eigenvalue weighted by Gasteiger charge is -2.16. The van der Waals surface area contributed by atoms with Crippen molar-refractivity contribution in [3.63, 3.8) is 0 Å². The Labute approximate surface area is 226 Å². The lowest BCUT2D eigenvalue weighted by molar-refractivity contribution is -0.145. The molecule has 1 atom stereocenters. The largest absolute Gasteiger partial charge is 0.464 e. The van der Waals surface area contributed by atoms with Crippen molar-refractivity contribution < 1.29 is 23.5 Å². The number of carbonyl (C=O) groups is 3. The van der Waals surface area contributed by atoms with Gasteiger partial charge in [0.1, 0.15) is 0 Å². The van der Waals surface area contributed by atoms with Gasteiger partial charge in [0, 0.05) is 17.2 Å². The molecule has 3 N–H and O–H groups in total. The van der Waals surface area contributed by atoms with Crippen molar-refractivity contribution in [2.24, 2.45) is 0 Å². The summed E-state index contributed by atoms with van der Waals surface area (Å²) in [6.07, 6.45) is 2.99. The van der Waals surface area contributed by atoms with Crippen LogP contribution in [0.5, 0.6) is 0 Å². The van der Waals surface area contributed by atoms with Gasteiger partial charge in [-0.05, 0) is 43.5 Å². The third kappa shape index (κ3) is 6.59. The number of nitrogens with one attached hydrogen (secondary N) is 3. The van der Waals surface area contributed by atoms with E-state index in [2.05, 4.69) is 25.8 Å².